The quantitative estimate of drug-likeness (QED) is 0.420. The number of rotatable bonds is 2. The van der Waals surface area contributed by atoms with Gasteiger partial charge in [-0.25, -0.2) is 0 Å². The first-order valence-electron chi connectivity index (χ1n) is 2.89. The van der Waals surface area contributed by atoms with E-state index in [4.69, 9.17) is 6.42 Å². The summed E-state index contributed by atoms with van der Waals surface area (Å²) in [6.07, 6.45) is 8.26. The lowest BCUT2D eigenvalue weighted by Gasteiger charge is -1.94. The Morgan fingerprint density at radius 1 is 1.70 bits per heavy atom. The lowest BCUT2D eigenvalue weighted by atomic mass is 10.3. The van der Waals surface area contributed by atoms with Crippen molar-refractivity contribution in [1.29, 1.82) is 0 Å². The van der Waals surface area contributed by atoms with Crippen LogP contribution in [-0.4, -0.2) is 12.6 Å². The Labute approximate surface area is 60.9 Å². The summed E-state index contributed by atoms with van der Waals surface area (Å²) in [4.78, 5) is 10.2. The Balaban J connectivity index is 3.56. The van der Waals surface area contributed by atoms with Gasteiger partial charge in [0.05, 0.1) is 0 Å². The molecule has 0 saturated heterocycles. The third-order valence-corrected chi connectivity index (χ3v) is 0.873. The molecule has 0 aromatic rings. The van der Waals surface area contributed by atoms with E-state index in [9.17, 15) is 4.79 Å². The van der Waals surface area contributed by atoms with E-state index >= 15 is 0 Å². The standard InChI is InChI=1S/C8H9O2/c1-4-7(2)5-6-10-8(3)9/h5H,6H2,2-3H3/b7-5+. The summed E-state index contributed by atoms with van der Waals surface area (Å²) >= 11 is 0. The van der Waals surface area contributed by atoms with Crippen molar-refractivity contribution >= 4 is 5.97 Å². The predicted octanol–water partition coefficient (Wildman–Crippen LogP) is 1.09. The van der Waals surface area contributed by atoms with Gasteiger partial charge in [-0.15, -0.1) is 0 Å². The fraction of sp³-hybridized carbons (Fsp3) is 0.375. The maximum absolute atomic E-state index is 10.2. The van der Waals surface area contributed by atoms with Crippen molar-refractivity contribution in [2.45, 2.75) is 13.8 Å². The van der Waals surface area contributed by atoms with E-state index in [-0.39, 0.29) is 12.6 Å². The van der Waals surface area contributed by atoms with E-state index < -0.39 is 0 Å². The van der Waals surface area contributed by atoms with Crippen molar-refractivity contribution in [1.82, 2.24) is 0 Å². The summed E-state index contributed by atoms with van der Waals surface area (Å²) in [5.41, 5.74) is 0.668. The van der Waals surface area contributed by atoms with Gasteiger partial charge in [-0.1, -0.05) is 5.92 Å². The highest BCUT2D eigenvalue weighted by molar-refractivity contribution is 5.66. The van der Waals surface area contributed by atoms with E-state index in [0.717, 1.165) is 0 Å². The highest BCUT2D eigenvalue weighted by Gasteiger charge is 1.87. The van der Waals surface area contributed by atoms with Crippen LogP contribution in [0.15, 0.2) is 11.6 Å². The maximum Gasteiger partial charge on any atom is 0.302 e. The number of carbonyl (C=O) groups is 1. The lowest BCUT2D eigenvalue weighted by Crippen LogP contribution is -1.97. The molecule has 0 spiro atoms. The van der Waals surface area contributed by atoms with Gasteiger partial charge >= 0.3 is 5.97 Å². The number of allylic oxidation sites excluding steroid dienone is 1. The van der Waals surface area contributed by atoms with E-state index in [2.05, 4.69) is 10.7 Å². The first kappa shape index (κ1) is 8.77. The summed E-state index contributed by atoms with van der Waals surface area (Å²) in [5.74, 6) is 1.85. The number of hydrogen-bond acceptors (Lipinski definition) is 2. The topological polar surface area (TPSA) is 26.3 Å². The molecule has 0 aliphatic heterocycles. The molecule has 0 aliphatic rings. The summed E-state index contributed by atoms with van der Waals surface area (Å²) in [5, 5.41) is 0. The van der Waals surface area contributed by atoms with Crippen molar-refractivity contribution < 1.29 is 9.53 Å². The molecule has 0 N–H and O–H groups in total. The summed E-state index contributed by atoms with van der Waals surface area (Å²) in [6, 6.07) is 0. The minimum absolute atomic E-state index is 0.229. The molecular formula is C8H9O2. The highest BCUT2D eigenvalue weighted by atomic mass is 16.5. The van der Waals surface area contributed by atoms with Gasteiger partial charge in [0.1, 0.15) is 6.61 Å². The van der Waals surface area contributed by atoms with Crippen LogP contribution < -0.4 is 0 Å². The van der Waals surface area contributed by atoms with Gasteiger partial charge < -0.3 is 4.74 Å². The monoisotopic (exact) mass is 137 g/mol. The van der Waals surface area contributed by atoms with Gasteiger partial charge in [0.25, 0.3) is 0 Å². The Morgan fingerprint density at radius 3 is 2.70 bits per heavy atom. The van der Waals surface area contributed by atoms with Crippen molar-refractivity contribution in [3.05, 3.63) is 18.1 Å². The van der Waals surface area contributed by atoms with Crippen LogP contribution in [0.1, 0.15) is 13.8 Å². The second-order valence-corrected chi connectivity index (χ2v) is 1.81. The minimum atomic E-state index is -0.311. The average molecular weight is 137 g/mol. The first-order chi connectivity index (χ1) is 4.66. The van der Waals surface area contributed by atoms with Crippen molar-refractivity contribution in [2.24, 2.45) is 0 Å². The van der Waals surface area contributed by atoms with Gasteiger partial charge in [-0.3, -0.25) is 4.79 Å². The third kappa shape index (κ3) is 4.92. The molecule has 0 bridgehead atoms. The molecule has 0 fully saturated rings. The molecule has 0 amide bonds. The molecule has 2 nitrogen and oxygen atoms in total. The van der Waals surface area contributed by atoms with Gasteiger partial charge in [0, 0.05) is 6.92 Å². The molecule has 0 rings (SSSR count). The van der Waals surface area contributed by atoms with Crippen LogP contribution >= 0.6 is 0 Å². The van der Waals surface area contributed by atoms with Gasteiger partial charge in [0.2, 0.25) is 0 Å². The molecule has 0 aromatic heterocycles. The first-order valence-corrected chi connectivity index (χ1v) is 2.89. The predicted molar refractivity (Wildman–Crippen MR) is 37.5 cm³/mol. The van der Waals surface area contributed by atoms with Crippen LogP contribution in [-0.2, 0) is 9.53 Å². The molecule has 53 valence electrons. The second kappa shape index (κ2) is 4.63. The number of ether oxygens (including phenoxy) is 1. The highest BCUT2D eigenvalue weighted by Crippen LogP contribution is 1.88. The van der Waals surface area contributed by atoms with Crippen LogP contribution in [0.2, 0.25) is 0 Å². The smallest absolute Gasteiger partial charge is 0.302 e. The molecule has 0 aliphatic carbocycles. The van der Waals surface area contributed by atoms with Crippen molar-refractivity contribution in [2.75, 3.05) is 6.61 Å². The molecule has 0 saturated carbocycles. The molecule has 0 unspecified atom stereocenters. The fourth-order valence-corrected chi connectivity index (χ4v) is 0.335. The zero-order valence-electron chi connectivity index (χ0n) is 6.10. The molecule has 1 radical (unpaired) electrons. The minimum Gasteiger partial charge on any atom is -0.462 e. The summed E-state index contributed by atoms with van der Waals surface area (Å²) < 4.78 is 4.58. The molecule has 0 atom stereocenters. The van der Waals surface area contributed by atoms with E-state index in [1.807, 2.05) is 0 Å². The largest absolute Gasteiger partial charge is 0.462 e. The number of carbonyl (C=O) groups excluding carboxylic acids is 1. The molecule has 0 aromatic carbocycles. The number of esters is 1. The fourth-order valence-electron chi connectivity index (χ4n) is 0.335. The zero-order chi connectivity index (χ0) is 7.98. The molecule has 10 heavy (non-hydrogen) atoms. The van der Waals surface area contributed by atoms with Crippen LogP contribution in [0.3, 0.4) is 0 Å². The average Bonchev–Trinajstić information content (AvgIpc) is 1.87. The van der Waals surface area contributed by atoms with Crippen LogP contribution in [0, 0.1) is 12.3 Å². The van der Waals surface area contributed by atoms with Gasteiger partial charge in [0.15, 0.2) is 0 Å². The van der Waals surface area contributed by atoms with Crippen LogP contribution in [0.5, 0.6) is 0 Å². The Hall–Kier alpha value is -1.23. The Bertz CT molecular complexity index is 184. The van der Waals surface area contributed by atoms with Gasteiger partial charge in [-0.05, 0) is 25.0 Å². The normalized spacial score (nSPS) is 10.3. The number of hydrogen-bond donors (Lipinski definition) is 0. The lowest BCUT2D eigenvalue weighted by molar-refractivity contribution is -0.139. The third-order valence-electron chi connectivity index (χ3n) is 0.873. The zero-order valence-corrected chi connectivity index (χ0v) is 6.10. The SMILES string of the molecule is [C]#C/C(C)=C/COC(C)=O. The van der Waals surface area contributed by atoms with Crippen molar-refractivity contribution in [3.8, 4) is 5.92 Å². The summed E-state index contributed by atoms with van der Waals surface area (Å²) in [7, 11) is 0. The molecular weight excluding hydrogens is 128 g/mol. The summed E-state index contributed by atoms with van der Waals surface area (Å²) in [6.45, 7) is 3.29. The second-order valence-electron chi connectivity index (χ2n) is 1.81. The molecule has 0 heterocycles. The van der Waals surface area contributed by atoms with E-state index in [0.29, 0.717) is 5.57 Å². The maximum atomic E-state index is 10.2. The van der Waals surface area contributed by atoms with Crippen molar-refractivity contribution in [3.63, 3.8) is 0 Å². The van der Waals surface area contributed by atoms with Crippen LogP contribution in [0.4, 0.5) is 0 Å². The van der Waals surface area contributed by atoms with Gasteiger partial charge in [-0.2, -0.15) is 0 Å². The van der Waals surface area contributed by atoms with E-state index in [1.165, 1.54) is 6.92 Å². The molecule has 2 heteroatoms. The Kier molecular flexibility index (Phi) is 4.06. The Morgan fingerprint density at radius 2 is 2.30 bits per heavy atom. The van der Waals surface area contributed by atoms with E-state index in [1.54, 1.807) is 13.0 Å². The van der Waals surface area contributed by atoms with Crippen LogP contribution in [0.25, 0.3) is 0 Å².